The number of aliphatic imine (C=N–C) groups is 1. The molecule has 1 aliphatic rings. The van der Waals surface area contributed by atoms with E-state index in [1.165, 1.54) is 0 Å². The van der Waals surface area contributed by atoms with Crippen LogP contribution in [0.25, 0.3) is 22.2 Å². The monoisotopic (exact) mass is 425 g/mol. The molecular formula is C28H31N3O. The molecule has 4 nitrogen and oxygen atoms in total. The summed E-state index contributed by atoms with van der Waals surface area (Å²) in [5.41, 5.74) is 19.1. The van der Waals surface area contributed by atoms with Gasteiger partial charge in [-0.3, -0.25) is 4.79 Å². The number of hydrogen-bond donors (Lipinski definition) is 2. The van der Waals surface area contributed by atoms with Crippen molar-refractivity contribution in [1.29, 1.82) is 0 Å². The molecule has 0 aliphatic heterocycles. The Hall–Kier alpha value is -3.40. The van der Waals surface area contributed by atoms with Crippen molar-refractivity contribution in [2.45, 2.75) is 53.4 Å². The summed E-state index contributed by atoms with van der Waals surface area (Å²) in [6.07, 6.45) is 0. The minimum absolute atomic E-state index is 0.201. The molecule has 0 radical (unpaired) electrons. The average molecular weight is 426 g/mol. The van der Waals surface area contributed by atoms with Gasteiger partial charge in [-0.05, 0) is 64.8 Å². The molecule has 3 aromatic rings. The van der Waals surface area contributed by atoms with Crippen LogP contribution in [0.3, 0.4) is 0 Å². The van der Waals surface area contributed by atoms with Crippen LogP contribution in [0.4, 0.5) is 5.69 Å². The molecule has 1 aliphatic carbocycles. The fraction of sp³-hybridized carbons (Fsp3) is 0.286. The van der Waals surface area contributed by atoms with Crippen LogP contribution in [-0.4, -0.2) is 11.5 Å². The van der Waals surface area contributed by atoms with E-state index in [0.717, 1.165) is 43.9 Å². The van der Waals surface area contributed by atoms with Crippen LogP contribution in [0.15, 0.2) is 47.5 Å². The Morgan fingerprint density at radius 2 is 1.44 bits per heavy atom. The third kappa shape index (κ3) is 3.31. The molecule has 4 N–H and O–H groups in total. The molecule has 0 aromatic heterocycles. The van der Waals surface area contributed by atoms with Crippen molar-refractivity contribution >= 4 is 39.3 Å². The van der Waals surface area contributed by atoms with E-state index in [9.17, 15) is 4.79 Å². The molecule has 0 amide bonds. The SMILES string of the molecule is Cc1cccc2cc3c(c(C)c12)=C(N)C(=Nc1c(C(C)C)cccc1C(C)C)C(=O)C=3N. The van der Waals surface area contributed by atoms with E-state index in [1.807, 2.05) is 25.1 Å². The van der Waals surface area contributed by atoms with E-state index in [2.05, 4.69) is 58.9 Å². The lowest BCUT2D eigenvalue weighted by Crippen LogP contribution is -2.47. The first kappa shape index (κ1) is 21.8. The maximum atomic E-state index is 13.4. The standard InChI is InChI=1S/C28H31N3O/c1-14(2)19-11-8-12-20(15(3)4)26(19)31-27-25(30)23-17(6)22-16(5)9-7-10-18(22)13-21(23)24(29)28(27)32/h7-15H,29-30H2,1-6H3. The zero-order valence-electron chi connectivity index (χ0n) is 19.7. The van der Waals surface area contributed by atoms with E-state index in [1.54, 1.807) is 0 Å². The van der Waals surface area contributed by atoms with Crippen molar-refractivity contribution < 1.29 is 4.79 Å². The molecule has 0 heterocycles. The van der Waals surface area contributed by atoms with Gasteiger partial charge in [0.15, 0.2) is 0 Å². The molecule has 164 valence electrons. The minimum Gasteiger partial charge on any atom is -0.396 e. The van der Waals surface area contributed by atoms with Gasteiger partial charge in [-0.25, -0.2) is 4.99 Å². The van der Waals surface area contributed by atoms with Gasteiger partial charge in [-0.15, -0.1) is 0 Å². The van der Waals surface area contributed by atoms with Gasteiger partial charge in [-0.1, -0.05) is 64.1 Å². The van der Waals surface area contributed by atoms with Gasteiger partial charge in [0.1, 0.15) is 5.71 Å². The second kappa shape index (κ2) is 7.94. The van der Waals surface area contributed by atoms with Gasteiger partial charge < -0.3 is 11.5 Å². The summed E-state index contributed by atoms with van der Waals surface area (Å²) >= 11 is 0. The van der Waals surface area contributed by atoms with Crippen molar-refractivity contribution in [1.82, 2.24) is 0 Å². The topological polar surface area (TPSA) is 81.5 Å². The van der Waals surface area contributed by atoms with E-state index >= 15 is 0 Å². The number of Topliss-reactive ketones (excluding diaryl/α,β-unsaturated/α-hetero) is 1. The number of nitrogens with zero attached hydrogens (tertiary/aromatic N) is 1. The van der Waals surface area contributed by atoms with Crippen LogP contribution >= 0.6 is 0 Å². The smallest absolute Gasteiger partial charge is 0.229 e. The largest absolute Gasteiger partial charge is 0.396 e. The minimum atomic E-state index is -0.310. The first-order valence-corrected chi connectivity index (χ1v) is 11.2. The lowest BCUT2D eigenvalue weighted by Gasteiger charge is -2.20. The summed E-state index contributed by atoms with van der Waals surface area (Å²) in [6, 6.07) is 14.3. The number of nitrogens with two attached hydrogens (primary N) is 2. The molecule has 4 rings (SSSR count). The zero-order valence-corrected chi connectivity index (χ0v) is 19.7. The highest BCUT2D eigenvalue weighted by Gasteiger charge is 2.26. The number of aryl methyl sites for hydroxylation is 2. The van der Waals surface area contributed by atoms with E-state index in [4.69, 9.17) is 16.5 Å². The number of para-hydroxylation sites is 1. The maximum Gasteiger partial charge on any atom is 0.229 e. The molecule has 0 spiro atoms. The predicted octanol–water partition coefficient (Wildman–Crippen LogP) is 4.19. The summed E-state index contributed by atoms with van der Waals surface area (Å²) in [5.74, 6) is 0.208. The molecule has 0 saturated carbocycles. The Kier molecular flexibility index (Phi) is 5.41. The Balaban J connectivity index is 2.13. The molecule has 0 bridgehead atoms. The highest BCUT2D eigenvalue weighted by Crippen LogP contribution is 2.35. The van der Waals surface area contributed by atoms with Crippen LogP contribution in [0.2, 0.25) is 0 Å². The number of rotatable bonds is 3. The predicted molar refractivity (Wildman–Crippen MR) is 135 cm³/mol. The third-order valence-corrected chi connectivity index (χ3v) is 6.46. The zero-order chi connectivity index (χ0) is 23.3. The molecular weight excluding hydrogens is 394 g/mol. The van der Waals surface area contributed by atoms with Gasteiger partial charge in [0, 0.05) is 10.4 Å². The van der Waals surface area contributed by atoms with E-state index in [0.29, 0.717) is 10.9 Å². The number of ketones is 1. The number of benzene rings is 3. The fourth-order valence-corrected chi connectivity index (χ4v) is 4.79. The number of carbonyl (C=O) groups is 1. The van der Waals surface area contributed by atoms with Crippen LogP contribution in [0.5, 0.6) is 0 Å². The summed E-state index contributed by atoms with van der Waals surface area (Å²) in [4.78, 5) is 18.3. The number of carbonyl (C=O) groups excluding carboxylic acids is 1. The highest BCUT2D eigenvalue weighted by atomic mass is 16.1. The van der Waals surface area contributed by atoms with E-state index in [-0.39, 0.29) is 29.0 Å². The maximum absolute atomic E-state index is 13.4. The molecule has 0 unspecified atom stereocenters. The molecule has 4 heteroatoms. The summed E-state index contributed by atoms with van der Waals surface area (Å²) < 4.78 is 0. The van der Waals surface area contributed by atoms with Gasteiger partial charge >= 0.3 is 0 Å². The Bertz CT molecular complexity index is 1400. The van der Waals surface area contributed by atoms with Crippen molar-refractivity contribution in [2.75, 3.05) is 0 Å². The lowest BCUT2D eigenvalue weighted by atomic mass is 9.90. The van der Waals surface area contributed by atoms with Crippen LogP contribution < -0.4 is 21.9 Å². The highest BCUT2D eigenvalue weighted by molar-refractivity contribution is 6.64. The van der Waals surface area contributed by atoms with Gasteiger partial charge in [0.25, 0.3) is 0 Å². The van der Waals surface area contributed by atoms with Crippen LogP contribution in [0.1, 0.15) is 61.8 Å². The Morgan fingerprint density at radius 3 is 2.03 bits per heavy atom. The fourth-order valence-electron chi connectivity index (χ4n) is 4.79. The number of hydrogen-bond acceptors (Lipinski definition) is 4. The van der Waals surface area contributed by atoms with Crippen molar-refractivity contribution in [3.05, 3.63) is 75.2 Å². The van der Waals surface area contributed by atoms with Crippen molar-refractivity contribution in [3.63, 3.8) is 0 Å². The van der Waals surface area contributed by atoms with Crippen molar-refractivity contribution in [3.8, 4) is 0 Å². The Morgan fingerprint density at radius 1 is 0.844 bits per heavy atom. The molecule has 0 atom stereocenters. The van der Waals surface area contributed by atoms with Crippen LogP contribution in [-0.2, 0) is 4.79 Å². The molecule has 32 heavy (non-hydrogen) atoms. The third-order valence-electron chi connectivity index (χ3n) is 6.46. The average Bonchev–Trinajstić information content (AvgIpc) is 2.74. The summed E-state index contributed by atoms with van der Waals surface area (Å²) in [7, 11) is 0. The van der Waals surface area contributed by atoms with Gasteiger partial charge in [-0.2, -0.15) is 0 Å². The molecule has 0 fully saturated rings. The second-order valence-electron chi connectivity index (χ2n) is 9.31. The van der Waals surface area contributed by atoms with Gasteiger partial charge in [0.2, 0.25) is 5.78 Å². The van der Waals surface area contributed by atoms with Crippen LogP contribution in [0, 0.1) is 13.8 Å². The lowest BCUT2D eigenvalue weighted by molar-refractivity contribution is -0.108. The van der Waals surface area contributed by atoms with Crippen molar-refractivity contribution in [2.24, 2.45) is 16.5 Å². The van der Waals surface area contributed by atoms with Gasteiger partial charge in [0.05, 0.1) is 17.1 Å². The number of fused-ring (bicyclic) bond motifs is 2. The normalized spacial score (nSPS) is 15.4. The first-order chi connectivity index (χ1) is 15.1. The molecule has 0 saturated heterocycles. The second-order valence-corrected chi connectivity index (χ2v) is 9.31. The summed E-state index contributed by atoms with van der Waals surface area (Å²) in [6.45, 7) is 12.7. The summed E-state index contributed by atoms with van der Waals surface area (Å²) in [5, 5.41) is 3.71. The quantitative estimate of drug-likeness (QED) is 0.660. The van der Waals surface area contributed by atoms with E-state index < -0.39 is 0 Å². The first-order valence-electron chi connectivity index (χ1n) is 11.2. The Labute approximate surface area is 189 Å². The molecule has 3 aromatic carbocycles.